The van der Waals surface area contributed by atoms with E-state index in [0.29, 0.717) is 6.42 Å². The molecule has 0 spiro atoms. The molecular formula is C21H26N4O2. The van der Waals surface area contributed by atoms with Crippen LogP contribution in [0.3, 0.4) is 0 Å². The minimum atomic E-state index is 0.194. The first-order chi connectivity index (χ1) is 13.0. The summed E-state index contributed by atoms with van der Waals surface area (Å²) in [5.41, 5.74) is 4.10. The number of pyridine rings is 1. The molecule has 2 aliphatic rings. The van der Waals surface area contributed by atoms with Crippen molar-refractivity contribution in [2.24, 2.45) is 0 Å². The van der Waals surface area contributed by atoms with Gasteiger partial charge in [-0.05, 0) is 63.7 Å². The zero-order valence-corrected chi connectivity index (χ0v) is 16.2. The molecule has 1 N–H and O–H groups in total. The zero-order valence-electron chi connectivity index (χ0n) is 16.2. The van der Waals surface area contributed by atoms with E-state index in [2.05, 4.69) is 22.2 Å². The maximum absolute atomic E-state index is 12.7. The molecule has 0 unspecified atom stereocenters. The molecule has 6 nitrogen and oxygen atoms in total. The van der Waals surface area contributed by atoms with Gasteiger partial charge in [-0.15, -0.1) is 0 Å². The average Bonchev–Trinajstić information content (AvgIpc) is 2.99. The van der Waals surface area contributed by atoms with E-state index in [9.17, 15) is 4.79 Å². The molecule has 1 fully saturated rings. The highest BCUT2D eigenvalue weighted by atomic mass is 16.5. The number of hydrogen-bond donors (Lipinski definition) is 1. The molecule has 0 saturated carbocycles. The number of likely N-dealkylation sites (tertiary alicyclic amines) is 1. The molecule has 0 atom stereocenters. The number of piperidine rings is 1. The lowest BCUT2D eigenvalue weighted by atomic mass is 10.0. The van der Waals surface area contributed by atoms with Gasteiger partial charge < -0.3 is 19.9 Å². The Morgan fingerprint density at radius 3 is 2.70 bits per heavy atom. The Hall–Kier alpha value is -2.60. The molecule has 1 aromatic carbocycles. The van der Waals surface area contributed by atoms with Crippen molar-refractivity contribution in [1.29, 1.82) is 0 Å². The number of aromatic nitrogens is 1. The number of methoxy groups -OCH3 is 1. The van der Waals surface area contributed by atoms with Gasteiger partial charge in [-0.3, -0.25) is 4.79 Å². The number of rotatable bonds is 4. The van der Waals surface area contributed by atoms with Crippen molar-refractivity contribution in [1.82, 2.24) is 9.88 Å². The standard InChI is InChI=1S/C21H26N4O2/c1-14-10-17(27-3)4-5-18(14)23-20-12-19-15(13-22-20)11-21(26)25(19)16-6-8-24(2)9-7-16/h4-5,10,12-13,16H,6-9,11H2,1-3H3,(H,22,23). The SMILES string of the molecule is COc1ccc(Nc2cc3c(cn2)CC(=O)N3C2CCN(C)CC2)c(C)c1. The summed E-state index contributed by atoms with van der Waals surface area (Å²) in [6.07, 6.45) is 4.33. The monoisotopic (exact) mass is 366 g/mol. The third-order valence-electron chi connectivity index (χ3n) is 5.58. The molecule has 2 aromatic rings. The summed E-state index contributed by atoms with van der Waals surface area (Å²) >= 11 is 0. The molecule has 6 heteroatoms. The summed E-state index contributed by atoms with van der Waals surface area (Å²) < 4.78 is 5.27. The van der Waals surface area contributed by atoms with Gasteiger partial charge in [-0.2, -0.15) is 0 Å². The Bertz CT molecular complexity index is 859. The van der Waals surface area contributed by atoms with Crippen LogP contribution in [0.1, 0.15) is 24.0 Å². The van der Waals surface area contributed by atoms with E-state index < -0.39 is 0 Å². The van der Waals surface area contributed by atoms with Gasteiger partial charge in [-0.25, -0.2) is 4.98 Å². The summed E-state index contributed by atoms with van der Waals surface area (Å²) in [6, 6.07) is 8.21. The molecule has 1 saturated heterocycles. The molecule has 0 radical (unpaired) electrons. The van der Waals surface area contributed by atoms with Crippen LogP contribution in [0.5, 0.6) is 5.75 Å². The second-order valence-corrected chi connectivity index (χ2v) is 7.48. The van der Waals surface area contributed by atoms with E-state index >= 15 is 0 Å². The van der Waals surface area contributed by atoms with Crippen LogP contribution in [-0.4, -0.2) is 49.1 Å². The quantitative estimate of drug-likeness (QED) is 0.901. The van der Waals surface area contributed by atoms with Gasteiger partial charge in [0.2, 0.25) is 5.91 Å². The summed E-state index contributed by atoms with van der Waals surface area (Å²) in [5, 5.41) is 3.39. The Morgan fingerprint density at radius 1 is 1.22 bits per heavy atom. The molecule has 3 heterocycles. The van der Waals surface area contributed by atoms with Crippen LogP contribution in [-0.2, 0) is 11.2 Å². The van der Waals surface area contributed by atoms with Crippen LogP contribution in [0, 0.1) is 6.92 Å². The number of carbonyl (C=O) groups is 1. The summed E-state index contributed by atoms with van der Waals surface area (Å²) in [7, 11) is 3.80. The third-order valence-corrected chi connectivity index (χ3v) is 5.58. The first kappa shape index (κ1) is 17.8. The first-order valence-corrected chi connectivity index (χ1v) is 9.46. The smallest absolute Gasteiger partial charge is 0.231 e. The van der Waals surface area contributed by atoms with Crippen molar-refractivity contribution in [2.75, 3.05) is 37.5 Å². The second-order valence-electron chi connectivity index (χ2n) is 7.48. The maximum atomic E-state index is 12.7. The van der Waals surface area contributed by atoms with Crippen molar-refractivity contribution < 1.29 is 9.53 Å². The zero-order chi connectivity index (χ0) is 19.0. The Morgan fingerprint density at radius 2 is 2.00 bits per heavy atom. The van der Waals surface area contributed by atoms with E-state index in [1.807, 2.05) is 42.3 Å². The predicted octanol–water partition coefficient (Wildman–Crippen LogP) is 3.13. The fourth-order valence-corrected chi connectivity index (χ4v) is 3.98. The number of aryl methyl sites for hydroxylation is 1. The molecule has 1 amide bonds. The molecule has 2 aliphatic heterocycles. The van der Waals surface area contributed by atoms with Crippen molar-refractivity contribution in [3.8, 4) is 5.75 Å². The largest absolute Gasteiger partial charge is 0.497 e. The molecule has 0 bridgehead atoms. The van der Waals surface area contributed by atoms with Crippen LogP contribution >= 0.6 is 0 Å². The number of benzene rings is 1. The minimum Gasteiger partial charge on any atom is -0.497 e. The molecule has 4 rings (SSSR count). The third kappa shape index (κ3) is 3.49. The Balaban J connectivity index is 1.58. The van der Waals surface area contributed by atoms with Crippen molar-refractivity contribution in [2.45, 2.75) is 32.2 Å². The number of ether oxygens (including phenoxy) is 1. The second kappa shape index (κ2) is 7.19. The number of hydrogen-bond acceptors (Lipinski definition) is 5. The van der Waals surface area contributed by atoms with Gasteiger partial charge in [0, 0.05) is 29.6 Å². The number of anilines is 3. The molecular weight excluding hydrogens is 340 g/mol. The van der Waals surface area contributed by atoms with E-state index in [1.165, 1.54) is 0 Å². The lowest BCUT2D eigenvalue weighted by molar-refractivity contribution is -0.118. The van der Waals surface area contributed by atoms with Crippen LogP contribution in [0.25, 0.3) is 0 Å². The predicted molar refractivity (Wildman–Crippen MR) is 107 cm³/mol. The highest BCUT2D eigenvalue weighted by Gasteiger charge is 2.34. The molecule has 142 valence electrons. The highest BCUT2D eigenvalue weighted by Crippen LogP contribution is 2.35. The molecule has 1 aromatic heterocycles. The van der Waals surface area contributed by atoms with Crippen LogP contribution < -0.4 is 15.0 Å². The number of nitrogens with one attached hydrogen (secondary N) is 1. The van der Waals surface area contributed by atoms with Crippen molar-refractivity contribution in [3.05, 3.63) is 41.6 Å². The average molecular weight is 366 g/mol. The normalized spacial score (nSPS) is 17.9. The van der Waals surface area contributed by atoms with Gasteiger partial charge in [0.15, 0.2) is 0 Å². The number of amides is 1. The van der Waals surface area contributed by atoms with Gasteiger partial charge >= 0.3 is 0 Å². The molecule has 0 aliphatic carbocycles. The Kier molecular flexibility index (Phi) is 4.74. The van der Waals surface area contributed by atoms with Crippen LogP contribution in [0.4, 0.5) is 17.2 Å². The lowest BCUT2D eigenvalue weighted by Crippen LogP contribution is -2.45. The fraction of sp³-hybridized carbons (Fsp3) is 0.429. The molecule has 27 heavy (non-hydrogen) atoms. The number of fused-ring (bicyclic) bond motifs is 1. The van der Waals surface area contributed by atoms with Gasteiger partial charge in [0.05, 0.1) is 19.2 Å². The topological polar surface area (TPSA) is 57.7 Å². The highest BCUT2D eigenvalue weighted by molar-refractivity contribution is 6.02. The van der Waals surface area contributed by atoms with Crippen LogP contribution in [0.15, 0.2) is 30.5 Å². The van der Waals surface area contributed by atoms with Crippen LogP contribution in [0.2, 0.25) is 0 Å². The minimum absolute atomic E-state index is 0.194. The van der Waals surface area contributed by atoms with Gasteiger partial charge in [0.1, 0.15) is 11.6 Å². The fourth-order valence-electron chi connectivity index (χ4n) is 3.98. The van der Waals surface area contributed by atoms with Crippen molar-refractivity contribution in [3.63, 3.8) is 0 Å². The number of nitrogens with zero attached hydrogens (tertiary/aromatic N) is 3. The first-order valence-electron chi connectivity index (χ1n) is 9.46. The van der Waals surface area contributed by atoms with E-state index in [0.717, 1.165) is 60.0 Å². The van der Waals surface area contributed by atoms with E-state index in [4.69, 9.17) is 4.74 Å². The van der Waals surface area contributed by atoms with E-state index in [-0.39, 0.29) is 11.9 Å². The van der Waals surface area contributed by atoms with Crippen molar-refractivity contribution >= 4 is 23.1 Å². The maximum Gasteiger partial charge on any atom is 0.231 e. The summed E-state index contributed by atoms with van der Waals surface area (Å²) in [6.45, 7) is 4.10. The van der Waals surface area contributed by atoms with Gasteiger partial charge in [0.25, 0.3) is 0 Å². The summed E-state index contributed by atoms with van der Waals surface area (Å²) in [4.78, 5) is 21.5. The lowest BCUT2D eigenvalue weighted by Gasteiger charge is -2.35. The summed E-state index contributed by atoms with van der Waals surface area (Å²) in [5.74, 6) is 1.78. The van der Waals surface area contributed by atoms with E-state index in [1.54, 1.807) is 7.11 Å². The van der Waals surface area contributed by atoms with Gasteiger partial charge in [-0.1, -0.05) is 0 Å². The number of carbonyl (C=O) groups excluding carboxylic acids is 1. The Labute approximate surface area is 160 Å².